The standard InChI is InChI=1S/C22H23NO3/c24-20-11-10-17-21(25)19(16-8-4-3-5-9-16)15-26-22(17)18(20)14-23-12-6-1-2-7-13-23/h3-5,8-11,15,24H,1-2,6-7,12-14H2/p+1. The Balaban J connectivity index is 1.78. The van der Waals surface area contributed by atoms with E-state index in [4.69, 9.17) is 4.42 Å². The quantitative estimate of drug-likeness (QED) is 0.763. The summed E-state index contributed by atoms with van der Waals surface area (Å²) in [5.74, 6) is 0.213. The Morgan fingerprint density at radius 3 is 2.42 bits per heavy atom. The number of aromatic hydroxyl groups is 1. The van der Waals surface area contributed by atoms with Crippen molar-refractivity contribution in [1.29, 1.82) is 0 Å². The predicted molar refractivity (Wildman–Crippen MR) is 102 cm³/mol. The second kappa shape index (κ2) is 7.34. The minimum Gasteiger partial charge on any atom is -0.507 e. The number of rotatable bonds is 3. The topological polar surface area (TPSA) is 54.9 Å². The van der Waals surface area contributed by atoms with Crippen LogP contribution in [0, 0.1) is 0 Å². The van der Waals surface area contributed by atoms with E-state index in [1.165, 1.54) is 36.8 Å². The smallest absolute Gasteiger partial charge is 0.200 e. The van der Waals surface area contributed by atoms with E-state index in [0.717, 1.165) is 24.2 Å². The van der Waals surface area contributed by atoms with Gasteiger partial charge in [-0.15, -0.1) is 0 Å². The van der Waals surface area contributed by atoms with E-state index in [9.17, 15) is 9.90 Å². The lowest BCUT2D eigenvalue weighted by molar-refractivity contribution is -0.913. The second-order valence-corrected chi connectivity index (χ2v) is 7.13. The van der Waals surface area contributed by atoms with Gasteiger partial charge in [0.15, 0.2) is 0 Å². The Kier molecular flexibility index (Phi) is 4.76. The molecule has 3 aromatic rings. The SMILES string of the molecule is O=c1c(-c2ccccc2)coc2c(C[NH+]3CCCCCC3)c(O)ccc12. The third kappa shape index (κ3) is 3.25. The molecule has 0 radical (unpaired) electrons. The molecule has 0 unspecified atom stereocenters. The molecule has 1 aliphatic rings. The first kappa shape index (κ1) is 16.9. The highest BCUT2D eigenvalue weighted by Crippen LogP contribution is 2.27. The minimum atomic E-state index is -0.0513. The first-order valence-corrected chi connectivity index (χ1v) is 9.39. The van der Waals surface area contributed by atoms with Gasteiger partial charge in [0, 0.05) is 0 Å². The fourth-order valence-corrected chi connectivity index (χ4v) is 3.89. The molecule has 1 aromatic heterocycles. The van der Waals surface area contributed by atoms with Gasteiger partial charge in [-0.1, -0.05) is 30.3 Å². The van der Waals surface area contributed by atoms with E-state index in [1.54, 1.807) is 12.1 Å². The third-order valence-corrected chi connectivity index (χ3v) is 5.34. The number of fused-ring (bicyclic) bond motifs is 1. The van der Waals surface area contributed by atoms with Crippen LogP contribution in [-0.2, 0) is 6.54 Å². The Bertz CT molecular complexity index is 954. The number of likely N-dealkylation sites (tertiary alicyclic amines) is 1. The zero-order valence-electron chi connectivity index (χ0n) is 14.8. The molecule has 1 fully saturated rings. The molecule has 4 heteroatoms. The summed E-state index contributed by atoms with van der Waals surface area (Å²) >= 11 is 0. The van der Waals surface area contributed by atoms with Crippen LogP contribution in [0.15, 0.2) is 57.9 Å². The van der Waals surface area contributed by atoms with Crippen LogP contribution in [0.3, 0.4) is 0 Å². The van der Waals surface area contributed by atoms with Crippen molar-refractivity contribution in [2.24, 2.45) is 0 Å². The lowest BCUT2D eigenvalue weighted by atomic mass is 10.0. The van der Waals surface area contributed by atoms with Gasteiger partial charge in [-0.05, 0) is 43.4 Å². The Labute approximate surface area is 152 Å². The molecule has 4 rings (SSSR count). The normalized spacial score (nSPS) is 15.8. The molecule has 134 valence electrons. The van der Waals surface area contributed by atoms with Gasteiger partial charge < -0.3 is 14.4 Å². The van der Waals surface area contributed by atoms with Crippen LogP contribution in [0.25, 0.3) is 22.1 Å². The average Bonchev–Trinajstić information content (AvgIpc) is 2.94. The summed E-state index contributed by atoms with van der Waals surface area (Å²) in [5.41, 5.74) is 2.61. The van der Waals surface area contributed by atoms with Gasteiger partial charge >= 0.3 is 0 Å². The Morgan fingerprint density at radius 2 is 1.69 bits per heavy atom. The largest absolute Gasteiger partial charge is 0.507 e. The van der Waals surface area contributed by atoms with Crippen LogP contribution in [0.4, 0.5) is 0 Å². The summed E-state index contributed by atoms with van der Waals surface area (Å²) in [6.45, 7) is 2.89. The summed E-state index contributed by atoms with van der Waals surface area (Å²) in [6.07, 6.45) is 6.51. The van der Waals surface area contributed by atoms with Crippen molar-refractivity contribution in [2.45, 2.75) is 32.2 Å². The number of nitrogens with one attached hydrogen (secondary N) is 1. The van der Waals surface area contributed by atoms with Crippen molar-refractivity contribution in [3.63, 3.8) is 0 Å². The fourth-order valence-electron chi connectivity index (χ4n) is 3.89. The molecule has 0 saturated carbocycles. The molecule has 2 N–H and O–H groups in total. The van der Waals surface area contributed by atoms with Gasteiger partial charge in [0.25, 0.3) is 0 Å². The van der Waals surface area contributed by atoms with E-state index < -0.39 is 0 Å². The molecular weight excluding hydrogens is 326 g/mol. The summed E-state index contributed by atoms with van der Waals surface area (Å²) in [6, 6.07) is 12.8. The van der Waals surface area contributed by atoms with Crippen molar-refractivity contribution in [2.75, 3.05) is 13.1 Å². The van der Waals surface area contributed by atoms with Gasteiger partial charge in [0.2, 0.25) is 5.43 Å². The highest BCUT2D eigenvalue weighted by molar-refractivity contribution is 5.85. The monoisotopic (exact) mass is 350 g/mol. The minimum absolute atomic E-state index is 0.0513. The van der Waals surface area contributed by atoms with Crippen LogP contribution in [0.2, 0.25) is 0 Å². The van der Waals surface area contributed by atoms with E-state index in [-0.39, 0.29) is 11.2 Å². The maximum atomic E-state index is 13.0. The van der Waals surface area contributed by atoms with E-state index in [2.05, 4.69) is 0 Å². The number of hydrogen-bond donors (Lipinski definition) is 2. The average molecular weight is 350 g/mol. The predicted octanol–water partition coefficient (Wildman–Crippen LogP) is 3.12. The Hall–Kier alpha value is -2.59. The molecule has 0 spiro atoms. The second-order valence-electron chi connectivity index (χ2n) is 7.13. The summed E-state index contributed by atoms with van der Waals surface area (Å²) in [7, 11) is 0. The van der Waals surface area contributed by atoms with Gasteiger partial charge in [-0.3, -0.25) is 4.79 Å². The summed E-state index contributed by atoms with van der Waals surface area (Å²) in [4.78, 5) is 14.4. The third-order valence-electron chi connectivity index (χ3n) is 5.34. The maximum absolute atomic E-state index is 13.0. The molecule has 0 bridgehead atoms. The van der Waals surface area contributed by atoms with Gasteiger partial charge in [-0.25, -0.2) is 0 Å². The van der Waals surface area contributed by atoms with Crippen molar-refractivity contribution in [3.05, 3.63) is 64.5 Å². The van der Waals surface area contributed by atoms with Crippen molar-refractivity contribution in [1.82, 2.24) is 0 Å². The van der Waals surface area contributed by atoms with Crippen LogP contribution >= 0.6 is 0 Å². The van der Waals surface area contributed by atoms with Crippen LogP contribution in [-0.4, -0.2) is 18.2 Å². The highest BCUT2D eigenvalue weighted by Gasteiger charge is 2.20. The molecule has 4 nitrogen and oxygen atoms in total. The summed E-state index contributed by atoms with van der Waals surface area (Å²) in [5, 5.41) is 10.9. The molecule has 2 aromatic carbocycles. The van der Waals surface area contributed by atoms with E-state index >= 15 is 0 Å². The lowest BCUT2D eigenvalue weighted by Gasteiger charge is -2.18. The molecule has 0 atom stereocenters. The molecule has 26 heavy (non-hydrogen) atoms. The zero-order chi connectivity index (χ0) is 17.9. The highest BCUT2D eigenvalue weighted by atomic mass is 16.3. The van der Waals surface area contributed by atoms with Crippen molar-refractivity contribution in [3.8, 4) is 16.9 Å². The van der Waals surface area contributed by atoms with Crippen LogP contribution in [0.5, 0.6) is 5.75 Å². The van der Waals surface area contributed by atoms with E-state index in [0.29, 0.717) is 23.1 Å². The lowest BCUT2D eigenvalue weighted by Crippen LogP contribution is -3.10. The van der Waals surface area contributed by atoms with Gasteiger partial charge in [0.1, 0.15) is 24.1 Å². The van der Waals surface area contributed by atoms with Gasteiger partial charge in [-0.2, -0.15) is 0 Å². The fraction of sp³-hybridized carbons (Fsp3) is 0.318. The van der Waals surface area contributed by atoms with E-state index in [1.807, 2.05) is 30.3 Å². The number of hydrogen-bond acceptors (Lipinski definition) is 3. The molecule has 0 amide bonds. The van der Waals surface area contributed by atoms with Crippen LogP contribution < -0.4 is 10.3 Å². The van der Waals surface area contributed by atoms with Crippen LogP contribution in [0.1, 0.15) is 31.2 Å². The zero-order valence-corrected chi connectivity index (χ0v) is 14.8. The van der Waals surface area contributed by atoms with Gasteiger partial charge in [0.05, 0.1) is 29.6 Å². The van der Waals surface area contributed by atoms with Crippen molar-refractivity contribution < 1.29 is 14.4 Å². The Morgan fingerprint density at radius 1 is 0.962 bits per heavy atom. The van der Waals surface area contributed by atoms with Crippen molar-refractivity contribution >= 4 is 11.0 Å². The number of benzene rings is 2. The molecular formula is C22H24NO3+. The molecule has 1 aliphatic heterocycles. The number of phenols is 1. The molecule has 1 saturated heterocycles. The number of quaternary nitrogens is 1. The maximum Gasteiger partial charge on any atom is 0.200 e. The first-order valence-electron chi connectivity index (χ1n) is 9.39. The molecule has 2 heterocycles. The molecule has 0 aliphatic carbocycles. The first-order chi connectivity index (χ1) is 12.7. The summed E-state index contributed by atoms with van der Waals surface area (Å²) < 4.78 is 5.89. The number of phenolic OH excluding ortho intramolecular Hbond substituents is 1.